The molecule has 0 bridgehead atoms. The van der Waals surface area contributed by atoms with Gasteiger partial charge in [0, 0.05) is 25.2 Å². The molecule has 3 rings (SSSR count). The molecular weight excluding hydrogens is 356 g/mol. The summed E-state index contributed by atoms with van der Waals surface area (Å²) in [7, 11) is 0. The molecule has 0 saturated carbocycles. The first-order valence-corrected chi connectivity index (χ1v) is 9.56. The van der Waals surface area contributed by atoms with Crippen LogP contribution in [0.1, 0.15) is 49.3 Å². The molecule has 1 aliphatic rings. The summed E-state index contributed by atoms with van der Waals surface area (Å²) in [5, 5.41) is 2.58. The number of carbonyl (C=O) groups excluding carboxylic acids is 2. The third-order valence-electron chi connectivity index (χ3n) is 4.70. The largest absolute Gasteiger partial charge is 0.439 e. The van der Waals surface area contributed by atoms with E-state index in [1.165, 1.54) is 6.92 Å². The molecule has 28 heavy (non-hydrogen) atoms. The Balaban J connectivity index is 1.81. The number of carbonyl (C=O) groups is 2. The summed E-state index contributed by atoms with van der Waals surface area (Å²) in [5.41, 5.74) is 1.94. The average Bonchev–Trinajstić information content (AvgIpc) is 2.67. The van der Waals surface area contributed by atoms with Crippen molar-refractivity contribution in [2.45, 2.75) is 46.1 Å². The van der Waals surface area contributed by atoms with E-state index >= 15 is 0 Å². The number of nitrogens with zero attached hydrogens (tertiary/aromatic N) is 3. The molecule has 1 aromatic carbocycles. The van der Waals surface area contributed by atoms with E-state index < -0.39 is 0 Å². The molecule has 7 heteroatoms. The molecule has 1 atom stereocenters. The van der Waals surface area contributed by atoms with Gasteiger partial charge in [-0.05, 0) is 45.2 Å². The monoisotopic (exact) mass is 382 g/mol. The zero-order valence-electron chi connectivity index (χ0n) is 16.6. The Hall–Kier alpha value is -2.96. The zero-order valence-corrected chi connectivity index (χ0v) is 16.6. The van der Waals surface area contributed by atoms with Crippen LogP contribution in [-0.2, 0) is 9.59 Å². The molecule has 0 radical (unpaired) electrons. The number of amides is 2. The number of nitrogens with one attached hydrogen (secondary N) is 1. The first-order valence-electron chi connectivity index (χ1n) is 9.56. The highest BCUT2D eigenvalue weighted by Crippen LogP contribution is 2.31. The van der Waals surface area contributed by atoms with Crippen molar-refractivity contribution in [1.29, 1.82) is 0 Å². The standard InChI is InChI=1S/C21H26N4O3/c1-14-7-9-17(10-8-14)28-19-12-15(2)23-21(24-19)18-6-4-5-11-25(18)20(27)13-22-16(3)26/h7-10,12,18H,4-6,11,13H2,1-3H3,(H,22,26). The van der Waals surface area contributed by atoms with Crippen molar-refractivity contribution in [2.75, 3.05) is 13.1 Å². The van der Waals surface area contributed by atoms with Crippen LogP contribution in [0.25, 0.3) is 0 Å². The van der Waals surface area contributed by atoms with Gasteiger partial charge < -0.3 is 15.0 Å². The van der Waals surface area contributed by atoms with Crippen molar-refractivity contribution in [1.82, 2.24) is 20.2 Å². The van der Waals surface area contributed by atoms with E-state index in [4.69, 9.17) is 4.74 Å². The normalized spacial score (nSPS) is 16.5. The molecule has 0 spiro atoms. The maximum absolute atomic E-state index is 12.6. The second kappa shape index (κ2) is 8.82. The van der Waals surface area contributed by atoms with Crippen molar-refractivity contribution >= 4 is 11.8 Å². The maximum Gasteiger partial charge on any atom is 0.242 e. The SMILES string of the molecule is CC(=O)NCC(=O)N1CCCCC1c1nc(C)cc(Oc2ccc(C)cc2)n1. The van der Waals surface area contributed by atoms with Crippen LogP contribution in [0.5, 0.6) is 11.6 Å². The third kappa shape index (κ3) is 5.06. The van der Waals surface area contributed by atoms with E-state index in [0.717, 1.165) is 30.5 Å². The van der Waals surface area contributed by atoms with Crippen LogP contribution in [0.4, 0.5) is 0 Å². The average molecular weight is 382 g/mol. The number of ether oxygens (including phenoxy) is 1. The first-order chi connectivity index (χ1) is 13.4. The fraction of sp³-hybridized carbons (Fsp3) is 0.429. The van der Waals surface area contributed by atoms with Gasteiger partial charge in [-0.3, -0.25) is 9.59 Å². The van der Waals surface area contributed by atoms with Gasteiger partial charge in [-0.15, -0.1) is 0 Å². The molecule has 1 unspecified atom stereocenters. The fourth-order valence-electron chi connectivity index (χ4n) is 3.29. The van der Waals surface area contributed by atoms with Gasteiger partial charge in [-0.25, -0.2) is 4.98 Å². The number of piperidine rings is 1. The lowest BCUT2D eigenvalue weighted by Crippen LogP contribution is -2.44. The van der Waals surface area contributed by atoms with Gasteiger partial charge in [-0.1, -0.05) is 17.7 Å². The van der Waals surface area contributed by atoms with Gasteiger partial charge in [0.25, 0.3) is 0 Å². The Labute approximate surface area is 165 Å². The Morgan fingerprint density at radius 1 is 1.18 bits per heavy atom. The molecule has 0 aliphatic carbocycles. The van der Waals surface area contributed by atoms with Gasteiger partial charge in [0.1, 0.15) is 5.75 Å². The molecule has 2 aromatic rings. The minimum Gasteiger partial charge on any atom is -0.439 e. The van der Waals surface area contributed by atoms with Gasteiger partial charge in [0.15, 0.2) is 5.82 Å². The number of hydrogen-bond acceptors (Lipinski definition) is 5. The maximum atomic E-state index is 12.6. The molecule has 2 heterocycles. The van der Waals surface area contributed by atoms with Gasteiger partial charge in [-0.2, -0.15) is 4.98 Å². The Morgan fingerprint density at radius 3 is 2.64 bits per heavy atom. The van der Waals surface area contributed by atoms with E-state index in [2.05, 4.69) is 15.3 Å². The summed E-state index contributed by atoms with van der Waals surface area (Å²) >= 11 is 0. The molecule has 1 N–H and O–H groups in total. The lowest BCUT2D eigenvalue weighted by Gasteiger charge is -2.35. The van der Waals surface area contributed by atoms with E-state index in [1.807, 2.05) is 38.1 Å². The molecule has 148 valence electrons. The Kier molecular flexibility index (Phi) is 6.23. The van der Waals surface area contributed by atoms with E-state index in [9.17, 15) is 9.59 Å². The van der Waals surface area contributed by atoms with Crippen molar-refractivity contribution in [3.8, 4) is 11.6 Å². The van der Waals surface area contributed by atoms with Crippen molar-refractivity contribution < 1.29 is 14.3 Å². The molecule has 2 amide bonds. The lowest BCUT2D eigenvalue weighted by atomic mass is 10.0. The molecular formula is C21H26N4O3. The minimum absolute atomic E-state index is 0.00955. The molecule has 7 nitrogen and oxygen atoms in total. The van der Waals surface area contributed by atoms with Crippen LogP contribution in [-0.4, -0.2) is 39.8 Å². The van der Waals surface area contributed by atoms with Crippen LogP contribution < -0.4 is 10.1 Å². The third-order valence-corrected chi connectivity index (χ3v) is 4.70. The summed E-state index contributed by atoms with van der Waals surface area (Å²) in [5.74, 6) is 1.41. The molecule has 1 aliphatic heterocycles. The number of benzene rings is 1. The van der Waals surface area contributed by atoms with Crippen molar-refractivity contribution in [3.63, 3.8) is 0 Å². The molecule has 1 fully saturated rings. The number of aryl methyl sites for hydroxylation is 2. The second-order valence-electron chi connectivity index (χ2n) is 7.13. The highest BCUT2D eigenvalue weighted by Gasteiger charge is 2.30. The fourth-order valence-corrected chi connectivity index (χ4v) is 3.29. The van der Waals surface area contributed by atoms with E-state index in [0.29, 0.717) is 24.0 Å². The van der Waals surface area contributed by atoms with Crippen LogP contribution in [0.2, 0.25) is 0 Å². The Bertz CT molecular complexity index is 851. The smallest absolute Gasteiger partial charge is 0.242 e. The van der Waals surface area contributed by atoms with Gasteiger partial charge >= 0.3 is 0 Å². The van der Waals surface area contributed by atoms with E-state index in [-0.39, 0.29) is 24.4 Å². The number of likely N-dealkylation sites (tertiary alicyclic amines) is 1. The second-order valence-corrected chi connectivity index (χ2v) is 7.13. The topological polar surface area (TPSA) is 84.4 Å². The number of rotatable bonds is 5. The summed E-state index contributed by atoms with van der Waals surface area (Å²) in [4.78, 5) is 34.7. The predicted octanol–water partition coefficient (Wildman–Crippen LogP) is 3.08. The van der Waals surface area contributed by atoms with Crippen LogP contribution >= 0.6 is 0 Å². The highest BCUT2D eigenvalue weighted by molar-refractivity contribution is 5.84. The first kappa shape index (κ1) is 19.8. The minimum atomic E-state index is -0.220. The molecule has 1 saturated heterocycles. The Morgan fingerprint density at radius 2 is 1.93 bits per heavy atom. The number of hydrogen-bond donors (Lipinski definition) is 1. The van der Waals surface area contributed by atoms with Gasteiger partial charge in [0.05, 0.1) is 12.6 Å². The highest BCUT2D eigenvalue weighted by atomic mass is 16.5. The molecule has 1 aromatic heterocycles. The van der Waals surface area contributed by atoms with E-state index in [1.54, 1.807) is 11.0 Å². The zero-order chi connectivity index (χ0) is 20.1. The van der Waals surface area contributed by atoms with Gasteiger partial charge in [0.2, 0.25) is 17.7 Å². The van der Waals surface area contributed by atoms with Crippen molar-refractivity contribution in [2.24, 2.45) is 0 Å². The van der Waals surface area contributed by atoms with Crippen LogP contribution in [0, 0.1) is 13.8 Å². The predicted molar refractivity (Wildman–Crippen MR) is 105 cm³/mol. The quantitative estimate of drug-likeness (QED) is 0.859. The summed E-state index contributed by atoms with van der Waals surface area (Å²) in [6.45, 7) is 5.93. The van der Waals surface area contributed by atoms with Crippen LogP contribution in [0.3, 0.4) is 0 Å². The number of aromatic nitrogens is 2. The summed E-state index contributed by atoms with van der Waals surface area (Å²) < 4.78 is 5.91. The van der Waals surface area contributed by atoms with Crippen molar-refractivity contribution in [3.05, 3.63) is 47.4 Å². The summed E-state index contributed by atoms with van der Waals surface area (Å²) in [6.07, 6.45) is 2.72. The summed E-state index contributed by atoms with van der Waals surface area (Å²) in [6, 6.07) is 9.33. The van der Waals surface area contributed by atoms with Crippen LogP contribution in [0.15, 0.2) is 30.3 Å². The lowest BCUT2D eigenvalue weighted by molar-refractivity contribution is -0.136.